The first-order valence-corrected chi connectivity index (χ1v) is 9.94. The van der Waals surface area contributed by atoms with E-state index in [1.807, 2.05) is 6.07 Å². The van der Waals surface area contributed by atoms with Gasteiger partial charge in [-0.15, -0.1) is 0 Å². The summed E-state index contributed by atoms with van der Waals surface area (Å²) in [5, 5.41) is 0. The number of hydrogen-bond donors (Lipinski definition) is 1. The Morgan fingerprint density at radius 2 is 1.62 bits per heavy atom. The molecule has 0 heterocycles. The fraction of sp³-hybridized carbons (Fsp3) is 0.647. The van der Waals surface area contributed by atoms with E-state index in [2.05, 4.69) is 29.0 Å². The maximum Gasteiger partial charge on any atom is 0.208 e. The smallest absolute Gasteiger partial charge is 0.208 e. The molecule has 0 radical (unpaired) electrons. The van der Waals surface area contributed by atoms with Crippen LogP contribution in [0.1, 0.15) is 50.0 Å². The first-order valence-electron chi connectivity index (χ1n) is 8.05. The Morgan fingerprint density at radius 1 is 1.00 bits per heavy atom. The van der Waals surface area contributed by atoms with Crippen LogP contribution in [-0.4, -0.2) is 20.7 Å². The molecule has 21 heavy (non-hydrogen) atoms. The van der Waals surface area contributed by atoms with Gasteiger partial charge < -0.3 is 0 Å². The molecule has 3 rings (SSSR count). The largest absolute Gasteiger partial charge is 0.213 e. The van der Waals surface area contributed by atoms with Crippen LogP contribution in [-0.2, 0) is 10.0 Å². The molecule has 0 aliphatic heterocycles. The van der Waals surface area contributed by atoms with Crippen molar-refractivity contribution < 1.29 is 8.42 Å². The molecule has 2 aliphatic carbocycles. The summed E-state index contributed by atoms with van der Waals surface area (Å²) in [6.45, 7) is 0. The Hall–Kier alpha value is -0.870. The molecule has 0 aromatic heterocycles. The lowest BCUT2D eigenvalue weighted by atomic mass is 9.64. The van der Waals surface area contributed by atoms with Crippen LogP contribution in [0.5, 0.6) is 0 Å². The molecule has 0 unspecified atom stereocenters. The zero-order chi connectivity index (χ0) is 14.9. The molecule has 1 aromatic rings. The summed E-state index contributed by atoms with van der Waals surface area (Å²) in [6.07, 6.45) is 8.64. The van der Waals surface area contributed by atoms with Gasteiger partial charge >= 0.3 is 0 Å². The number of hydrogen-bond acceptors (Lipinski definition) is 2. The maximum atomic E-state index is 11.7. The first-order chi connectivity index (χ1) is 10.0. The monoisotopic (exact) mass is 307 g/mol. The molecule has 2 fully saturated rings. The Labute approximate surface area is 128 Å². The van der Waals surface area contributed by atoms with Gasteiger partial charge in [0.1, 0.15) is 0 Å². The SMILES string of the molecule is CS(=O)(=O)N[C@@H]1C[C@@H]2CCCC[C@H]2C[C@H]1c1ccccc1. The topological polar surface area (TPSA) is 46.2 Å². The van der Waals surface area contributed by atoms with E-state index in [0.717, 1.165) is 18.8 Å². The van der Waals surface area contributed by atoms with Gasteiger partial charge in [-0.2, -0.15) is 0 Å². The van der Waals surface area contributed by atoms with Crippen LogP contribution < -0.4 is 4.72 Å². The number of fused-ring (bicyclic) bond motifs is 1. The van der Waals surface area contributed by atoms with E-state index >= 15 is 0 Å². The van der Waals surface area contributed by atoms with Crippen molar-refractivity contribution >= 4 is 10.0 Å². The highest BCUT2D eigenvalue weighted by Gasteiger charge is 2.39. The quantitative estimate of drug-likeness (QED) is 0.931. The first kappa shape index (κ1) is 15.0. The van der Waals surface area contributed by atoms with E-state index < -0.39 is 10.0 Å². The van der Waals surface area contributed by atoms with Gasteiger partial charge in [-0.3, -0.25) is 0 Å². The average Bonchev–Trinajstić information content (AvgIpc) is 2.46. The Morgan fingerprint density at radius 3 is 2.24 bits per heavy atom. The van der Waals surface area contributed by atoms with Crippen molar-refractivity contribution in [2.45, 2.75) is 50.5 Å². The molecule has 0 saturated heterocycles. The normalized spacial score (nSPS) is 33.4. The predicted octanol–water partition coefficient (Wildman–Crippen LogP) is 3.29. The lowest BCUT2D eigenvalue weighted by molar-refractivity contribution is 0.134. The summed E-state index contributed by atoms with van der Waals surface area (Å²) in [5.74, 6) is 1.81. The van der Waals surface area contributed by atoms with Gasteiger partial charge in [-0.25, -0.2) is 13.1 Å². The summed E-state index contributed by atoms with van der Waals surface area (Å²) in [7, 11) is -3.15. The molecule has 1 aromatic carbocycles. The summed E-state index contributed by atoms with van der Waals surface area (Å²) in [4.78, 5) is 0. The molecular weight excluding hydrogens is 282 g/mol. The molecule has 2 saturated carbocycles. The van der Waals surface area contributed by atoms with Gasteiger partial charge in [0.25, 0.3) is 0 Å². The molecule has 4 heteroatoms. The number of rotatable bonds is 3. The summed E-state index contributed by atoms with van der Waals surface area (Å²) in [6, 6.07) is 10.5. The zero-order valence-corrected chi connectivity index (χ0v) is 13.5. The lowest BCUT2D eigenvalue weighted by Gasteiger charge is -2.44. The average molecular weight is 307 g/mol. The molecule has 1 N–H and O–H groups in total. The highest BCUT2D eigenvalue weighted by Crippen LogP contribution is 2.46. The van der Waals surface area contributed by atoms with Gasteiger partial charge in [-0.05, 0) is 30.2 Å². The molecule has 2 aliphatic rings. The van der Waals surface area contributed by atoms with Crippen molar-refractivity contribution in [1.82, 2.24) is 4.72 Å². The summed E-state index contributed by atoms with van der Waals surface area (Å²) in [5.41, 5.74) is 1.28. The van der Waals surface area contributed by atoms with Crippen LogP contribution in [0.15, 0.2) is 30.3 Å². The number of nitrogens with one attached hydrogen (secondary N) is 1. The third-order valence-electron chi connectivity index (χ3n) is 5.26. The number of sulfonamides is 1. The molecule has 0 bridgehead atoms. The minimum atomic E-state index is -3.15. The van der Waals surface area contributed by atoms with Crippen molar-refractivity contribution in [2.24, 2.45) is 11.8 Å². The second-order valence-corrected chi connectivity index (χ2v) is 8.57. The van der Waals surface area contributed by atoms with Crippen LogP contribution in [0.3, 0.4) is 0 Å². The Bertz CT molecular complexity index is 570. The predicted molar refractivity (Wildman–Crippen MR) is 85.6 cm³/mol. The Kier molecular flexibility index (Phi) is 4.36. The van der Waals surface area contributed by atoms with Crippen molar-refractivity contribution in [2.75, 3.05) is 6.26 Å². The van der Waals surface area contributed by atoms with Crippen molar-refractivity contribution in [3.8, 4) is 0 Å². The van der Waals surface area contributed by atoms with Gasteiger partial charge in [0, 0.05) is 12.0 Å². The fourth-order valence-corrected chi connectivity index (χ4v) is 5.17. The van der Waals surface area contributed by atoms with Crippen LogP contribution in [0, 0.1) is 11.8 Å². The minimum Gasteiger partial charge on any atom is -0.213 e. The van der Waals surface area contributed by atoms with E-state index in [1.54, 1.807) is 0 Å². The van der Waals surface area contributed by atoms with E-state index in [-0.39, 0.29) is 6.04 Å². The third kappa shape index (κ3) is 3.67. The zero-order valence-electron chi connectivity index (χ0n) is 12.7. The Balaban J connectivity index is 1.85. The summed E-state index contributed by atoms with van der Waals surface area (Å²) >= 11 is 0. The van der Waals surface area contributed by atoms with Crippen molar-refractivity contribution in [3.05, 3.63) is 35.9 Å². The third-order valence-corrected chi connectivity index (χ3v) is 5.99. The highest BCUT2D eigenvalue weighted by atomic mass is 32.2. The molecule has 4 atom stereocenters. The van der Waals surface area contributed by atoms with Gasteiger partial charge in [0.15, 0.2) is 0 Å². The highest BCUT2D eigenvalue weighted by molar-refractivity contribution is 7.88. The second-order valence-electron chi connectivity index (χ2n) is 6.79. The van der Waals surface area contributed by atoms with E-state index in [9.17, 15) is 8.42 Å². The van der Waals surface area contributed by atoms with Gasteiger partial charge in [0.05, 0.1) is 6.26 Å². The minimum absolute atomic E-state index is 0.0572. The van der Waals surface area contributed by atoms with Crippen molar-refractivity contribution in [3.63, 3.8) is 0 Å². The lowest BCUT2D eigenvalue weighted by Crippen LogP contribution is -2.45. The van der Waals surface area contributed by atoms with Crippen LogP contribution >= 0.6 is 0 Å². The van der Waals surface area contributed by atoms with E-state index in [0.29, 0.717) is 11.8 Å². The molecule has 3 nitrogen and oxygen atoms in total. The van der Waals surface area contributed by atoms with Crippen LogP contribution in [0.4, 0.5) is 0 Å². The molecular formula is C17H25NO2S. The second kappa shape index (κ2) is 6.09. The maximum absolute atomic E-state index is 11.7. The number of benzene rings is 1. The van der Waals surface area contributed by atoms with Gasteiger partial charge in [-0.1, -0.05) is 56.0 Å². The van der Waals surface area contributed by atoms with Gasteiger partial charge in [0.2, 0.25) is 10.0 Å². The van der Waals surface area contributed by atoms with Crippen molar-refractivity contribution in [1.29, 1.82) is 0 Å². The standard InChI is InChI=1S/C17H25NO2S/c1-21(19,20)18-17-12-15-10-6-5-9-14(15)11-16(17)13-7-3-2-4-8-13/h2-4,7-8,14-18H,5-6,9-12H2,1H3/t14-,15-,16-,17+/m0/s1. The van der Waals surface area contributed by atoms with E-state index in [4.69, 9.17) is 0 Å². The summed E-state index contributed by atoms with van der Waals surface area (Å²) < 4.78 is 26.4. The molecule has 0 amide bonds. The molecule has 0 spiro atoms. The van der Waals surface area contributed by atoms with Crippen LogP contribution in [0.2, 0.25) is 0 Å². The van der Waals surface area contributed by atoms with Crippen LogP contribution in [0.25, 0.3) is 0 Å². The van der Waals surface area contributed by atoms with E-state index in [1.165, 1.54) is 37.5 Å². The molecule has 116 valence electrons. The fourth-order valence-electron chi connectivity index (χ4n) is 4.36.